The Labute approximate surface area is 254 Å². The summed E-state index contributed by atoms with van der Waals surface area (Å²) in [5.41, 5.74) is 3.32. The molecule has 14 nitrogen and oxygen atoms in total. The molecule has 0 saturated heterocycles. The van der Waals surface area contributed by atoms with Crippen molar-refractivity contribution in [2.75, 3.05) is 0 Å². The van der Waals surface area contributed by atoms with Gasteiger partial charge in [0.05, 0.1) is 0 Å². The fraction of sp³-hybridized carbons (Fsp3) is 0.793. The molecule has 0 aromatic carbocycles. The van der Waals surface area contributed by atoms with Gasteiger partial charge in [0.15, 0.2) is 0 Å². The van der Waals surface area contributed by atoms with E-state index in [1.165, 1.54) is 0 Å². The summed E-state index contributed by atoms with van der Waals surface area (Å²) in [4.78, 5) is 69.6. The second-order valence-electron chi connectivity index (χ2n) is 13.4. The van der Waals surface area contributed by atoms with Crippen LogP contribution in [0.15, 0.2) is 0 Å². The van der Waals surface area contributed by atoms with E-state index in [-0.39, 0.29) is 31.6 Å². The highest BCUT2D eigenvalue weighted by Gasteiger charge is 2.31. The molecule has 0 aliphatic carbocycles. The highest BCUT2D eigenvalue weighted by molar-refractivity contribution is 5.90. The van der Waals surface area contributed by atoms with Gasteiger partial charge in [-0.2, -0.15) is 0 Å². The molecular formula is C29H53N3O11. The molecule has 0 aliphatic rings. The number of carbonyl (C=O) groups excluding carboxylic acids is 4. The molecule has 43 heavy (non-hydrogen) atoms. The van der Waals surface area contributed by atoms with Crippen LogP contribution in [0, 0.1) is 5.92 Å². The molecule has 0 rings (SSSR count). The first kappa shape index (κ1) is 41.7. The van der Waals surface area contributed by atoms with E-state index in [2.05, 4.69) is 10.6 Å². The van der Waals surface area contributed by atoms with Gasteiger partial charge in [0.2, 0.25) is 5.91 Å². The van der Waals surface area contributed by atoms with Crippen molar-refractivity contribution < 1.29 is 53.2 Å². The van der Waals surface area contributed by atoms with Crippen LogP contribution in [-0.2, 0) is 38.2 Å². The van der Waals surface area contributed by atoms with Crippen molar-refractivity contribution in [1.29, 1.82) is 0 Å². The normalized spacial score (nSPS) is 13.8. The second kappa shape index (κ2) is 18.3. The van der Waals surface area contributed by atoms with Crippen LogP contribution in [0.25, 0.3) is 0 Å². The largest absolute Gasteiger partial charge is 0.481 e. The van der Waals surface area contributed by atoms with Crippen molar-refractivity contribution in [3.05, 3.63) is 0 Å². The first-order valence-electron chi connectivity index (χ1n) is 14.2. The van der Waals surface area contributed by atoms with Gasteiger partial charge in [-0.3, -0.25) is 19.2 Å². The molecule has 3 atom stereocenters. The van der Waals surface area contributed by atoms with Crippen LogP contribution in [0.5, 0.6) is 0 Å². The average Bonchev–Trinajstić information content (AvgIpc) is 2.75. The maximum atomic E-state index is 12.8. The Balaban J connectivity index is 0. The zero-order valence-corrected chi connectivity index (χ0v) is 27.5. The molecule has 0 heterocycles. The van der Waals surface area contributed by atoms with Gasteiger partial charge in [-0.25, -0.2) is 9.59 Å². The molecule has 2 amide bonds. The molecule has 250 valence electrons. The first-order chi connectivity index (χ1) is 19.2. The molecule has 0 fully saturated rings. The van der Waals surface area contributed by atoms with Gasteiger partial charge < -0.3 is 40.8 Å². The van der Waals surface area contributed by atoms with Crippen LogP contribution < -0.4 is 16.4 Å². The van der Waals surface area contributed by atoms with E-state index in [1.54, 1.807) is 62.3 Å². The van der Waals surface area contributed by atoms with Crippen molar-refractivity contribution in [2.24, 2.45) is 11.7 Å². The Morgan fingerprint density at radius 1 is 0.651 bits per heavy atom. The predicted molar refractivity (Wildman–Crippen MR) is 158 cm³/mol. The summed E-state index contributed by atoms with van der Waals surface area (Å²) in [6.45, 7) is 19.1. The number of rotatable bonds is 13. The van der Waals surface area contributed by atoms with Crippen molar-refractivity contribution in [1.82, 2.24) is 10.6 Å². The standard InChI is InChI=1S/C20H36N2O7.C9H17NO4/c1-12(2)11-14(22-18(27)29-20(6,7)8)16(25)21-13(9-10-15(23)24)17(26)28-19(3,4)5;1-9(2,3)14-8(13)6(10)4-5-7(11)12/h12-14H,9-11H2,1-8H3,(H,21,25)(H,22,27)(H,23,24);6H,4-5,10H2,1-3H3,(H,11,12). The number of alkyl carbamates (subject to hydrolysis) is 1. The molecular weight excluding hydrogens is 566 g/mol. The summed E-state index contributed by atoms with van der Waals surface area (Å²) in [5, 5.41) is 22.3. The number of hydrogen-bond donors (Lipinski definition) is 5. The maximum absolute atomic E-state index is 12.8. The summed E-state index contributed by atoms with van der Waals surface area (Å²) >= 11 is 0. The number of carboxylic acid groups (broad SMARTS) is 2. The minimum atomic E-state index is -1.15. The first-order valence-corrected chi connectivity index (χ1v) is 14.2. The SMILES string of the molecule is CC(C)(C)OC(=O)C(N)CCC(=O)O.CC(C)CC(NC(=O)OC(C)(C)C)C(=O)NC(CCC(=O)O)C(=O)OC(C)(C)C. The van der Waals surface area contributed by atoms with Crippen molar-refractivity contribution in [3.8, 4) is 0 Å². The molecule has 6 N–H and O–H groups in total. The summed E-state index contributed by atoms with van der Waals surface area (Å²) in [6, 6.07) is -2.95. The van der Waals surface area contributed by atoms with Crippen LogP contribution in [0.3, 0.4) is 0 Å². The number of ether oxygens (including phenoxy) is 3. The number of aliphatic carboxylic acids is 2. The molecule has 0 saturated carbocycles. The number of carboxylic acids is 2. The lowest BCUT2D eigenvalue weighted by Crippen LogP contribution is -2.53. The lowest BCUT2D eigenvalue weighted by molar-refractivity contribution is -0.159. The van der Waals surface area contributed by atoms with E-state index in [1.807, 2.05) is 13.8 Å². The quantitative estimate of drug-likeness (QED) is 0.148. The molecule has 0 aliphatic heterocycles. The minimum absolute atomic E-state index is 0.0692. The third kappa shape index (κ3) is 24.8. The van der Waals surface area contributed by atoms with Gasteiger partial charge in [0.25, 0.3) is 0 Å². The van der Waals surface area contributed by atoms with Gasteiger partial charge in [0, 0.05) is 12.8 Å². The van der Waals surface area contributed by atoms with Gasteiger partial charge in [-0.1, -0.05) is 13.8 Å². The fourth-order valence-corrected chi connectivity index (χ4v) is 3.09. The van der Waals surface area contributed by atoms with Gasteiger partial charge in [-0.15, -0.1) is 0 Å². The Morgan fingerprint density at radius 3 is 1.47 bits per heavy atom. The van der Waals surface area contributed by atoms with Gasteiger partial charge in [0.1, 0.15) is 34.9 Å². The monoisotopic (exact) mass is 619 g/mol. The van der Waals surface area contributed by atoms with E-state index in [0.717, 1.165) is 0 Å². The van der Waals surface area contributed by atoms with Gasteiger partial charge >= 0.3 is 30.0 Å². The van der Waals surface area contributed by atoms with Crippen molar-refractivity contribution in [3.63, 3.8) is 0 Å². The molecule has 0 spiro atoms. The Kier molecular flexibility index (Phi) is 17.7. The molecule has 0 radical (unpaired) electrons. The highest BCUT2D eigenvalue weighted by atomic mass is 16.6. The summed E-state index contributed by atoms with van der Waals surface area (Å²) in [7, 11) is 0. The van der Waals surface area contributed by atoms with Crippen molar-refractivity contribution >= 4 is 35.9 Å². The molecule has 14 heteroatoms. The summed E-state index contributed by atoms with van der Waals surface area (Å²) in [5.74, 6) is -3.89. The van der Waals surface area contributed by atoms with E-state index >= 15 is 0 Å². The zero-order valence-electron chi connectivity index (χ0n) is 27.5. The molecule has 3 unspecified atom stereocenters. The fourth-order valence-electron chi connectivity index (χ4n) is 3.09. The topological polar surface area (TPSA) is 221 Å². The van der Waals surface area contributed by atoms with E-state index in [9.17, 15) is 28.8 Å². The minimum Gasteiger partial charge on any atom is -0.481 e. The Hall–Kier alpha value is -3.42. The van der Waals surface area contributed by atoms with Crippen LogP contribution in [0.1, 0.15) is 108 Å². The smallest absolute Gasteiger partial charge is 0.408 e. The number of esters is 2. The van der Waals surface area contributed by atoms with E-state index in [0.29, 0.717) is 6.42 Å². The molecule has 0 aromatic rings. The predicted octanol–water partition coefficient (Wildman–Crippen LogP) is 3.14. The third-order valence-corrected chi connectivity index (χ3v) is 4.75. The lowest BCUT2D eigenvalue weighted by Gasteiger charge is -2.27. The van der Waals surface area contributed by atoms with Gasteiger partial charge in [-0.05, 0) is 87.5 Å². The van der Waals surface area contributed by atoms with E-state index in [4.69, 9.17) is 30.2 Å². The highest BCUT2D eigenvalue weighted by Crippen LogP contribution is 2.14. The summed E-state index contributed by atoms with van der Waals surface area (Å²) in [6.07, 6.45) is -0.914. The number of amides is 2. The Morgan fingerprint density at radius 2 is 1.07 bits per heavy atom. The van der Waals surface area contributed by atoms with Crippen LogP contribution >= 0.6 is 0 Å². The third-order valence-electron chi connectivity index (χ3n) is 4.75. The number of nitrogens with one attached hydrogen (secondary N) is 2. The molecule has 0 bridgehead atoms. The lowest BCUT2D eigenvalue weighted by atomic mass is 10.0. The number of carbonyl (C=O) groups is 6. The number of nitrogens with two attached hydrogens (primary N) is 1. The van der Waals surface area contributed by atoms with Crippen LogP contribution in [0.4, 0.5) is 4.79 Å². The second-order valence-corrected chi connectivity index (χ2v) is 13.4. The van der Waals surface area contributed by atoms with Crippen molar-refractivity contribution in [2.45, 2.75) is 143 Å². The molecule has 0 aromatic heterocycles. The van der Waals surface area contributed by atoms with E-state index < -0.39 is 70.8 Å². The maximum Gasteiger partial charge on any atom is 0.408 e. The van der Waals surface area contributed by atoms with Crippen LogP contribution in [0.2, 0.25) is 0 Å². The Bertz CT molecular complexity index is 945. The average molecular weight is 620 g/mol. The zero-order chi connectivity index (χ0) is 34.3. The van der Waals surface area contributed by atoms with Crippen LogP contribution in [-0.4, -0.2) is 81.0 Å². The number of hydrogen-bond acceptors (Lipinski definition) is 10. The summed E-state index contributed by atoms with van der Waals surface area (Å²) < 4.78 is 15.5.